The van der Waals surface area contributed by atoms with E-state index in [1.807, 2.05) is 41.6 Å². The number of aromatic nitrogens is 2. The molecule has 1 aliphatic heterocycles. The van der Waals surface area contributed by atoms with Gasteiger partial charge in [0.1, 0.15) is 11.6 Å². The molecule has 1 aromatic carbocycles. The number of fused-ring (bicyclic) bond motifs is 1. The molecule has 0 saturated heterocycles. The normalized spacial score (nSPS) is 13.3. The largest absolute Gasteiger partial charge is 0.493 e. The summed E-state index contributed by atoms with van der Waals surface area (Å²) in [4.78, 5) is 30.6. The van der Waals surface area contributed by atoms with Crippen LogP contribution in [0.3, 0.4) is 0 Å². The second kappa shape index (κ2) is 7.59. The predicted octanol–water partition coefficient (Wildman–Crippen LogP) is 1.65. The number of carbonyl (C=O) groups is 2. The summed E-state index contributed by atoms with van der Waals surface area (Å²) in [7, 11) is 1.92. The summed E-state index contributed by atoms with van der Waals surface area (Å²) >= 11 is 0. The Morgan fingerprint density at radius 2 is 2.08 bits per heavy atom. The number of benzene rings is 1. The summed E-state index contributed by atoms with van der Waals surface area (Å²) < 4.78 is 7.57. The molecular formula is C19H24N4O3. The summed E-state index contributed by atoms with van der Waals surface area (Å²) in [6, 6.07) is 7.34. The number of carbonyl (C=O) groups excluding carboxylic acids is 2. The fourth-order valence-electron chi connectivity index (χ4n) is 3.17. The molecule has 0 unspecified atom stereocenters. The van der Waals surface area contributed by atoms with Crippen LogP contribution in [-0.4, -0.2) is 39.4 Å². The van der Waals surface area contributed by atoms with Crippen molar-refractivity contribution in [3.63, 3.8) is 0 Å². The van der Waals surface area contributed by atoms with Crippen LogP contribution >= 0.6 is 0 Å². The molecule has 26 heavy (non-hydrogen) atoms. The van der Waals surface area contributed by atoms with Crippen molar-refractivity contribution in [2.45, 2.75) is 33.4 Å². The van der Waals surface area contributed by atoms with Crippen molar-refractivity contribution in [1.82, 2.24) is 19.8 Å². The number of para-hydroxylation sites is 1. The van der Waals surface area contributed by atoms with Gasteiger partial charge in [0.05, 0.1) is 36.6 Å². The quantitative estimate of drug-likeness (QED) is 0.884. The van der Waals surface area contributed by atoms with Crippen molar-refractivity contribution in [3.8, 4) is 5.75 Å². The summed E-state index contributed by atoms with van der Waals surface area (Å²) in [5, 5.41) is 2.77. The Hall–Kier alpha value is -2.83. The Morgan fingerprint density at radius 3 is 2.81 bits per heavy atom. The SMILES string of the molecule is CCOc1ccccc1C(=O)N1CCc2nc(CNC(C)=O)n(C)c2C1. The van der Waals surface area contributed by atoms with Gasteiger partial charge >= 0.3 is 0 Å². The van der Waals surface area contributed by atoms with Crippen molar-refractivity contribution >= 4 is 11.8 Å². The molecule has 138 valence electrons. The third-order valence-corrected chi connectivity index (χ3v) is 4.55. The number of hydrogen-bond acceptors (Lipinski definition) is 4. The molecule has 0 aliphatic carbocycles. The van der Waals surface area contributed by atoms with E-state index in [1.165, 1.54) is 6.92 Å². The molecule has 1 N–H and O–H groups in total. The van der Waals surface area contributed by atoms with Gasteiger partial charge in [-0.2, -0.15) is 0 Å². The minimum atomic E-state index is -0.0877. The third kappa shape index (κ3) is 3.56. The lowest BCUT2D eigenvalue weighted by Crippen LogP contribution is -2.36. The minimum absolute atomic E-state index is 0.0377. The van der Waals surface area contributed by atoms with Gasteiger partial charge in [-0.1, -0.05) is 12.1 Å². The van der Waals surface area contributed by atoms with Gasteiger partial charge in [0.2, 0.25) is 5.91 Å². The van der Waals surface area contributed by atoms with Gasteiger partial charge in [0, 0.05) is 26.9 Å². The highest BCUT2D eigenvalue weighted by Gasteiger charge is 2.27. The van der Waals surface area contributed by atoms with Crippen LogP contribution in [0, 0.1) is 0 Å². The maximum Gasteiger partial charge on any atom is 0.257 e. The topological polar surface area (TPSA) is 76.5 Å². The maximum atomic E-state index is 13.0. The molecule has 0 spiro atoms. The molecule has 0 radical (unpaired) electrons. The van der Waals surface area contributed by atoms with Crippen LogP contribution in [-0.2, 0) is 31.4 Å². The molecule has 3 rings (SSSR count). The number of hydrogen-bond donors (Lipinski definition) is 1. The van der Waals surface area contributed by atoms with Gasteiger partial charge in [-0.3, -0.25) is 9.59 Å². The Balaban J connectivity index is 1.80. The third-order valence-electron chi connectivity index (χ3n) is 4.55. The van der Waals surface area contributed by atoms with Crippen molar-refractivity contribution in [1.29, 1.82) is 0 Å². The van der Waals surface area contributed by atoms with E-state index >= 15 is 0 Å². The number of ether oxygens (including phenoxy) is 1. The number of nitrogens with zero attached hydrogens (tertiary/aromatic N) is 3. The number of imidazole rings is 1. The van der Waals surface area contributed by atoms with E-state index in [9.17, 15) is 9.59 Å². The lowest BCUT2D eigenvalue weighted by molar-refractivity contribution is -0.119. The van der Waals surface area contributed by atoms with Crippen LogP contribution in [0.25, 0.3) is 0 Å². The van der Waals surface area contributed by atoms with Gasteiger partial charge in [-0.15, -0.1) is 0 Å². The van der Waals surface area contributed by atoms with Crippen molar-refractivity contribution < 1.29 is 14.3 Å². The summed E-state index contributed by atoms with van der Waals surface area (Å²) in [6.45, 7) is 5.41. The smallest absolute Gasteiger partial charge is 0.257 e. The molecule has 2 aromatic rings. The first kappa shape index (κ1) is 18.0. The average Bonchev–Trinajstić information content (AvgIpc) is 2.95. The lowest BCUT2D eigenvalue weighted by atomic mass is 10.1. The lowest BCUT2D eigenvalue weighted by Gasteiger charge is -2.28. The highest BCUT2D eigenvalue weighted by atomic mass is 16.5. The Kier molecular flexibility index (Phi) is 5.25. The zero-order valence-electron chi connectivity index (χ0n) is 15.4. The van der Waals surface area contributed by atoms with E-state index in [1.54, 1.807) is 6.07 Å². The Labute approximate surface area is 153 Å². The fraction of sp³-hybridized carbons (Fsp3) is 0.421. The van der Waals surface area contributed by atoms with Crippen molar-refractivity contribution in [2.24, 2.45) is 7.05 Å². The fourth-order valence-corrected chi connectivity index (χ4v) is 3.17. The van der Waals surface area contributed by atoms with Gasteiger partial charge in [-0.05, 0) is 19.1 Å². The monoisotopic (exact) mass is 356 g/mol. The highest BCUT2D eigenvalue weighted by molar-refractivity contribution is 5.97. The Bertz CT molecular complexity index is 828. The summed E-state index contributed by atoms with van der Waals surface area (Å²) in [5.41, 5.74) is 2.59. The van der Waals surface area contributed by atoms with Crippen LogP contribution in [0.2, 0.25) is 0 Å². The highest BCUT2D eigenvalue weighted by Crippen LogP contribution is 2.25. The average molecular weight is 356 g/mol. The first-order valence-electron chi connectivity index (χ1n) is 8.80. The Morgan fingerprint density at radius 1 is 1.31 bits per heavy atom. The molecule has 0 bridgehead atoms. The van der Waals surface area contributed by atoms with Crippen molar-refractivity contribution in [3.05, 3.63) is 47.0 Å². The van der Waals surface area contributed by atoms with Crippen molar-refractivity contribution in [2.75, 3.05) is 13.2 Å². The van der Waals surface area contributed by atoms with Gasteiger partial charge in [-0.25, -0.2) is 4.98 Å². The zero-order chi connectivity index (χ0) is 18.7. The second-order valence-corrected chi connectivity index (χ2v) is 6.30. The molecule has 7 heteroatoms. The predicted molar refractivity (Wildman–Crippen MR) is 96.8 cm³/mol. The van der Waals surface area contributed by atoms with E-state index in [4.69, 9.17) is 4.74 Å². The molecule has 2 amide bonds. The van der Waals surface area contributed by atoms with Crippen LogP contribution in [0.1, 0.15) is 41.4 Å². The number of rotatable bonds is 5. The van der Waals surface area contributed by atoms with E-state index < -0.39 is 0 Å². The van der Waals surface area contributed by atoms with Crippen LogP contribution in [0.15, 0.2) is 24.3 Å². The molecular weight excluding hydrogens is 332 g/mol. The van der Waals surface area contributed by atoms with E-state index in [0.717, 1.165) is 17.2 Å². The first-order chi connectivity index (χ1) is 12.5. The van der Waals surface area contributed by atoms with Crippen LogP contribution < -0.4 is 10.1 Å². The minimum Gasteiger partial charge on any atom is -0.493 e. The molecule has 2 heterocycles. The summed E-state index contributed by atoms with van der Waals surface area (Å²) in [6.07, 6.45) is 0.700. The van der Waals surface area contributed by atoms with E-state index in [0.29, 0.717) is 44.0 Å². The molecule has 7 nitrogen and oxygen atoms in total. The molecule has 1 aliphatic rings. The molecule has 0 atom stereocenters. The number of amides is 2. The van der Waals surface area contributed by atoms with Gasteiger partial charge < -0.3 is 19.5 Å². The van der Waals surface area contributed by atoms with E-state index in [-0.39, 0.29) is 11.8 Å². The molecule has 1 aromatic heterocycles. The number of nitrogens with one attached hydrogen (secondary N) is 1. The van der Waals surface area contributed by atoms with E-state index in [2.05, 4.69) is 10.3 Å². The van der Waals surface area contributed by atoms with Gasteiger partial charge in [0.15, 0.2) is 0 Å². The first-order valence-corrected chi connectivity index (χ1v) is 8.80. The standard InChI is InChI=1S/C19H24N4O3/c1-4-26-17-8-6-5-7-14(17)19(25)23-10-9-15-16(12-23)22(3)18(21-15)11-20-13(2)24/h5-8H,4,9-12H2,1-3H3,(H,20,24). The second-order valence-electron chi connectivity index (χ2n) is 6.30. The molecule has 0 saturated carbocycles. The van der Waals surface area contributed by atoms with Crippen LogP contribution in [0.5, 0.6) is 5.75 Å². The summed E-state index contributed by atoms with van der Waals surface area (Å²) in [5.74, 6) is 1.29. The zero-order valence-corrected chi connectivity index (χ0v) is 15.4. The maximum absolute atomic E-state index is 13.0. The molecule has 0 fully saturated rings. The van der Waals surface area contributed by atoms with Gasteiger partial charge in [0.25, 0.3) is 5.91 Å². The van der Waals surface area contributed by atoms with Crippen LogP contribution in [0.4, 0.5) is 0 Å².